The molecule has 0 aliphatic carbocycles. The molecule has 0 atom stereocenters. The van der Waals surface area contributed by atoms with Crippen LogP contribution in [-0.4, -0.2) is 15.7 Å². The summed E-state index contributed by atoms with van der Waals surface area (Å²) in [4.78, 5) is 12.3. The van der Waals surface area contributed by atoms with Crippen molar-refractivity contribution < 1.29 is 18.0 Å². The number of benzene rings is 1. The van der Waals surface area contributed by atoms with Crippen molar-refractivity contribution in [1.29, 1.82) is 0 Å². The Labute approximate surface area is 132 Å². The van der Waals surface area contributed by atoms with Crippen LogP contribution < -0.4 is 5.32 Å². The van der Waals surface area contributed by atoms with Crippen LogP contribution in [0.1, 0.15) is 40.7 Å². The van der Waals surface area contributed by atoms with Crippen molar-refractivity contribution in [3.05, 3.63) is 46.8 Å². The quantitative estimate of drug-likeness (QED) is 0.916. The number of aromatic nitrogens is 2. The number of halogens is 3. The van der Waals surface area contributed by atoms with Gasteiger partial charge in [0.2, 0.25) is 0 Å². The van der Waals surface area contributed by atoms with Gasteiger partial charge in [-0.2, -0.15) is 18.3 Å². The summed E-state index contributed by atoms with van der Waals surface area (Å²) in [5.41, 5.74) is 0.409. The van der Waals surface area contributed by atoms with Gasteiger partial charge in [0.25, 0.3) is 5.91 Å². The second-order valence-corrected chi connectivity index (χ2v) is 5.27. The lowest BCUT2D eigenvalue weighted by atomic mass is 10.1. The third kappa shape index (κ3) is 3.55. The fourth-order valence-corrected chi connectivity index (χ4v) is 2.42. The summed E-state index contributed by atoms with van der Waals surface area (Å²) in [6.07, 6.45) is -3.71. The van der Waals surface area contributed by atoms with Gasteiger partial charge in [0.05, 0.1) is 28.2 Å². The molecule has 1 aromatic carbocycles. The lowest BCUT2D eigenvalue weighted by molar-refractivity contribution is -0.137. The SMILES string of the molecule is CCCn1nc(C)c(NC(=O)c2ccccc2C(F)(F)F)c1C. The number of nitrogens with zero attached hydrogens (tertiary/aromatic N) is 2. The Morgan fingerprint density at radius 2 is 1.91 bits per heavy atom. The molecule has 1 N–H and O–H groups in total. The number of aryl methyl sites for hydroxylation is 2. The van der Waals surface area contributed by atoms with E-state index in [1.54, 1.807) is 18.5 Å². The molecule has 0 unspecified atom stereocenters. The maximum Gasteiger partial charge on any atom is 0.417 e. The minimum atomic E-state index is -4.58. The maximum absolute atomic E-state index is 13.0. The number of amides is 1. The topological polar surface area (TPSA) is 46.9 Å². The number of carbonyl (C=O) groups excluding carboxylic acids is 1. The Bertz CT molecular complexity index is 720. The first-order valence-electron chi connectivity index (χ1n) is 7.27. The third-order valence-corrected chi connectivity index (χ3v) is 3.53. The second kappa shape index (κ2) is 6.44. The van der Waals surface area contributed by atoms with E-state index in [1.807, 2.05) is 6.92 Å². The van der Waals surface area contributed by atoms with Gasteiger partial charge in [-0.3, -0.25) is 9.48 Å². The monoisotopic (exact) mass is 325 g/mol. The Balaban J connectivity index is 2.34. The summed E-state index contributed by atoms with van der Waals surface area (Å²) >= 11 is 0. The first kappa shape index (κ1) is 17.1. The van der Waals surface area contributed by atoms with E-state index in [1.165, 1.54) is 18.2 Å². The summed E-state index contributed by atoms with van der Waals surface area (Å²) < 4.78 is 40.8. The zero-order valence-electron chi connectivity index (χ0n) is 13.2. The molecule has 1 aromatic heterocycles. The predicted octanol–water partition coefficient (Wildman–Crippen LogP) is 4.18. The van der Waals surface area contributed by atoms with Crippen molar-refractivity contribution in [2.45, 2.75) is 39.9 Å². The smallest absolute Gasteiger partial charge is 0.319 e. The average molecular weight is 325 g/mol. The van der Waals surface area contributed by atoms with E-state index >= 15 is 0 Å². The molecular formula is C16H18F3N3O. The van der Waals surface area contributed by atoms with Gasteiger partial charge in [0, 0.05) is 6.54 Å². The summed E-state index contributed by atoms with van der Waals surface area (Å²) in [7, 11) is 0. The lowest BCUT2D eigenvalue weighted by Crippen LogP contribution is -2.19. The average Bonchev–Trinajstić information content (AvgIpc) is 2.74. The second-order valence-electron chi connectivity index (χ2n) is 5.27. The molecular weight excluding hydrogens is 307 g/mol. The predicted molar refractivity (Wildman–Crippen MR) is 81.4 cm³/mol. The molecule has 23 heavy (non-hydrogen) atoms. The van der Waals surface area contributed by atoms with E-state index in [0.29, 0.717) is 17.9 Å². The highest BCUT2D eigenvalue weighted by Crippen LogP contribution is 2.32. The summed E-state index contributed by atoms with van der Waals surface area (Å²) in [6, 6.07) is 4.73. The number of hydrogen-bond acceptors (Lipinski definition) is 2. The standard InChI is InChI=1S/C16H18F3N3O/c1-4-9-22-11(3)14(10(2)21-22)20-15(23)12-7-5-6-8-13(12)16(17,18)19/h5-8H,4,9H2,1-3H3,(H,20,23). The minimum absolute atomic E-state index is 0.401. The third-order valence-electron chi connectivity index (χ3n) is 3.53. The fraction of sp³-hybridized carbons (Fsp3) is 0.375. The van der Waals surface area contributed by atoms with Gasteiger partial charge in [0.15, 0.2) is 0 Å². The van der Waals surface area contributed by atoms with Crippen LogP contribution in [0.15, 0.2) is 24.3 Å². The highest BCUT2D eigenvalue weighted by molar-refractivity contribution is 6.06. The highest BCUT2D eigenvalue weighted by atomic mass is 19.4. The molecule has 0 radical (unpaired) electrons. The number of nitrogens with one attached hydrogen (secondary N) is 1. The number of alkyl halides is 3. The highest BCUT2D eigenvalue weighted by Gasteiger charge is 2.35. The van der Waals surface area contributed by atoms with Crippen LogP contribution in [0.3, 0.4) is 0 Å². The number of anilines is 1. The van der Waals surface area contributed by atoms with E-state index in [4.69, 9.17) is 0 Å². The zero-order chi connectivity index (χ0) is 17.2. The van der Waals surface area contributed by atoms with Crippen molar-refractivity contribution in [3.8, 4) is 0 Å². The molecule has 1 amide bonds. The summed E-state index contributed by atoms with van der Waals surface area (Å²) in [6.45, 7) is 6.17. The Morgan fingerprint density at radius 3 is 2.52 bits per heavy atom. The molecule has 0 bridgehead atoms. The molecule has 2 rings (SSSR count). The van der Waals surface area contributed by atoms with Crippen LogP contribution >= 0.6 is 0 Å². The van der Waals surface area contributed by atoms with Gasteiger partial charge in [-0.25, -0.2) is 0 Å². The van der Waals surface area contributed by atoms with Gasteiger partial charge in [0.1, 0.15) is 0 Å². The van der Waals surface area contributed by atoms with Gasteiger partial charge in [-0.05, 0) is 32.4 Å². The largest absolute Gasteiger partial charge is 0.417 e. The minimum Gasteiger partial charge on any atom is -0.319 e. The Hall–Kier alpha value is -2.31. The molecule has 0 fully saturated rings. The van der Waals surface area contributed by atoms with Crippen molar-refractivity contribution in [2.24, 2.45) is 0 Å². The molecule has 0 saturated carbocycles. The molecule has 0 spiro atoms. The Kier molecular flexibility index (Phi) is 4.77. The summed E-state index contributed by atoms with van der Waals surface area (Å²) in [5, 5.41) is 6.86. The van der Waals surface area contributed by atoms with Gasteiger partial charge < -0.3 is 5.32 Å². The lowest BCUT2D eigenvalue weighted by Gasteiger charge is -2.13. The number of carbonyl (C=O) groups is 1. The van der Waals surface area contributed by atoms with E-state index in [9.17, 15) is 18.0 Å². The maximum atomic E-state index is 13.0. The normalized spacial score (nSPS) is 11.6. The molecule has 0 aliphatic rings. The first-order chi connectivity index (χ1) is 10.8. The van der Waals surface area contributed by atoms with Crippen molar-refractivity contribution >= 4 is 11.6 Å². The molecule has 7 heteroatoms. The Morgan fingerprint density at radius 1 is 1.26 bits per heavy atom. The van der Waals surface area contributed by atoms with Crippen LogP contribution in [-0.2, 0) is 12.7 Å². The van der Waals surface area contributed by atoms with Gasteiger partial charge >= 0.3 is 6.18 Å². The molecule has 2 aromatic rings. The van der Waals surface area contributed by atoms with Crippen LogP contribution in [0.2, 0.25) is 0 Å². The van der Waals surface area contributed by atoms with Crippen molar-refractivity contribution in [3.63, 3.8) is 0 Å². The molecule has 4 nitrogen and oxygen atoms in total. The van der Waals surface area contributed by atoms with Gasteiger partial charge in [-0.15, -0.1) is 0 Å². The number of hydrogen-bond donors (Lipinski definition) is 1. The fourth-order valence-electron chi connectivity index (χ4n) is 2.42. The van der Waals surface area contributed by atoms with Crippen LogP contribution in [0, 0.1) is 13.8 Å². The van der Waals surface area contributed by atoms with Gasteiger partial charge in [-0.1, -0.05) is 19.1 Å². The number of rotatable bonds is 4. The van der Waals surface area contributed by atoms with Crippen molar-refractivity contribution in [2.75, 3.05) is 5.32 Å². The zero-order valence-corrected chi connectivity index (χ0v) is 13.2. The summed E-state index contributed by atoms with van der Waals surface area (Å²) in [5.74, 6) is -0.792. The van der Waals surface area contributed by atoms with E-state index in [0.717, 1.165) is 18.2 Å². The first-order valence-corrected chi connectivity index (χ1v) is 7.27. The molecule has 1 heterocycles. The van der Waals surface area contributed by atoms with Crippen LogP contribution in [0.5, 0.6) is 0 Å². The van der Waals surface area contributed by atoms with E-state index in [-0.39, 0.29) is 0 Å². The van der Waals surface area contributed by atoms with Crippen molar-refractivity contribution in [1.82, 2.24) is 9.78 Å². The van der Waals surface area contributed by atoms with Crippen LogP contribution in [0.4, 0.5) is 18.9 Å². The van der Waals surface area contributed by atoms with E-state index < -0.39 is 23.2 Å². The van der Waals surface area contributed by atoms with E-state index in [2.05, 4.69) is 10.4 Å². The van der Waals surface area contributed by atoms with Crippen LogP contribution in [0.25, 0.3) is 0 Å². The molecule has 0 aliphatic heterocycles. The molecule has 0 saturated heterocycles. The molecule has 124 valence electrons.